The summed E-state index contributed by atoms with van der Waals surface area (Å²) < 4.78 is 1.59. The number of aromatic hydroxyl groups is 1. The van der Waals surface area contributed by atoms with Crippen LogP contribution < -0.4 is 5.32 Å². The number of hydrogen-bond acceptors (Lipinski definition) is 5. The van der Waals surface area contributed by atoms with Crippen LogP contribution in [0.1, 0.15) is 27.0 Å². The number of aliphatic imine (C=N–C) groups is 1. The summed E-state index contributed by atoms with van der Waals surface area (Å²) >= 11 is 0. The molecule has 0 aliphatic carbocycles. The molecule has 0 aliphatic rings. The van der Waals surface area contributed by atoms with Crippen molar-refractivity contribution in [1.82, 2.24) is 25.0 Å². The number of aromatic amines is 2. The summed E-state index contributed by atoms with van der Waals surface area (Å²) in [5, 5.41) is 24.8. The number of carbonyl (C=O) groups is 1. The molecule has 1 amide bonds. The Morgan fingerprint density at radius 3 is 2.88 bits per heavy atom. The van der Waals surface area contributed by atoms with Crippen LogP contribution in [0.5, 0.6) is 5.88 Å². The Balaban J connectivity index is 1.37. The molecule has 3 aromatic heterocycles. The van der Waals surface area contributed by atoms with Gasteiger partial charge in [0.1, 0.15) is 5.82 Å². The molecule has 0 bridgehead atoms. The summed E-state index contributed by atoms with van der Waals surface area (Å²) in [6.07, 6.45) is 7.10. The lowest BCUT2D eigenvalue weighted by Gasteiger charge is -2.07. The molecule has 9 nitrogen and oxygen atoms in total. The number of carbonyl (C=O) groups excluding carboxylic acids is 1. The lowest BCUT2D eigenvalue weighted by Crippen LogP contribution is -2.11. The number of amides is 1. The predicted octanol–water partition coefficient (Wildman–Crippen LogP) is 3.92. The van der Waals surface area contributed by atoms with Crippen molar-refractivity contribution in [2.24, 2.45) is 12.0 Å². The Bertz CT molecular complexity index is 1460. The van der Waals surface area contributed by atoms with Crippen LogP contribution in [-0.4, -0.2) is 42.2 Å². The monoisotopic (exact) mass is 439 g/mol. The van der Waals surface area contributed by atoms with E-state index in [-0.39, 0.29) is 11.8 Å². The number of aromatic nitrogens is 5. The predicted molar refractivity (Wildman–Crippen MR) is 126 cm³/mol. The Labute approximate surface area is 188 Å². The molecule has 3 heterocycles. The summed E-state index contributed by atoms with van der Waals surface area (Å²) in [7, 11) is 1.77. The van der Waals surface area contributed by atoms with Crippen molar-refractivity contribution in [3.8, 4) is 5.88 Å². The molecule has 164 valence electrons. The molecule has 4 N–H and O–H groups in total. The number of benzene rings is 2. The van der Waals surface area contributed by atoms with E-state index in [2.05, 4.69) is 30.6 Å². The molecule has 9 heteroatoms. The molecule has 0 unspecified atom stereocenters. The van der Waals surface area contributed by atoms with Crippen molar-refractivity contribution in [2.75, 3.05) is 5.32 Å². The van der Waals surface area contributed by atoms with Gasteiger partial charge in [-0.3, -0.25) is 14.6 Å². The van der Waals surface area contributed by atoms with Crippen LogP contribution in [0.25, 0.3) is 10.9 Å². The highest BCUT2D eigenvalue weighted by atomic mass is 16.3. The Kier molecular flexibility index (Phi) is 5.19. The second-order valence-electron chi connectivity index (χ2n) is 7.70. The van der Waals surface area contributed by atoms with Crippen molar-refractivity contribution >= 4 is 34.5 Å². The van der Waals surface area contributed by atoms with Crippen molar-refractivity contribution in [2.45, 2.75) is 6.42 Å². The van der Waals surface area contributed by atoms with E-state index >= 15 is 0 Å². The molecular formula is C24H21N7O2. The number of fused-ring (bicyclic) bond motifs is 1. The summed E-state index contributed by atoms with van der Waals surface area (Å²) in [6.45, 7) is 0. The molecule has 0 spiro atoms. The fourth-order valence-corrected chi connectivity index (χ4v) is 3.68. The van der Waals surface area contributed by atoms with Crippen LogP contribution >= 0.6 is 0 Å². The molecule has 2 aromatic carbocycles. The standard InChI is InChI=1S/C24H21N7O2/c1-31-14-17(12-27-31)23(32)28-18-4-2-3-15(10-18)9-16-5-6-21-19(11-16)20(24(33)29-21)13-25-22-7-8-26-30-22/h2-8,10-14,29,33H,9H2,1H3,(H,26,30)(H,28,32). The summed E-state index contributed by atoms with van der Waals surface area (Å²) in [5.41, 5.74) is 4.76. The van der Waals surface area contributed by atoms with Gasteiger partial charge >= 0.3 is 0 Å². The molecule has 5 aromatic rings. The van der Waals surface area contributed by atoms with Gasteiger partial charge in [0.25, 0.3) is 5.91 Å². The molecule has 5 rings (SSSR count). The number of hydrogen-bond donors (Lipinski definition) is 4. The van der Waals surface area contributed by atoms with Crippen LogP contribution in [0.4, 0.5) is 11.5 Å². The van der Waals surface area contributed by atoms with E-state index in [1.54, 1.807) is 36.4 Å². The van der Waals surface area contributed by atoms with Crippen molar-refractivity contribution in [3.05, 3.63) is 89.4 Å². The van der Waals surface area contributed by atoms with Crippen LogP contribution in [0.3, 0.4) is 0 Å². The first-order chi connectivity index (χ1) is 16.0. The van der Waals surface area contributed by atoms with E-state index in [1.807, 2.05) is 42.5 Å². The third kappa shape index (κ3) is 4.38. The van der Waals surface area contributed by atoms with E-state index in [1.165, 1.54) is 6.20 Å². The molecular weight excluding hydrogens is 418 g/mol. The minimum atomic E-state index is -0.203. The van der Waals surface area contributed by atoms with Gasteiger partial charge in [0.05, 0.1) is 23.5 Å². The molecule has 0 aliphatic heterocycles. The second-order valence-corrected chi connectivity index (χ2v) is 7.70. The fourth-order valence-electron chi connectivity index (χ4n) is 3.68. The zero-order chi connectivity index (χ0) is 22.8. The molecule has 0 radical (unpaired) electrons. The van der Waals surface area contributed by atoms with E-state index < -0.39 is 0 Å². The molecule has 0 atom stereocenters. The number of rotatable bonds is 6. The van der Waals surface area contributed by atoms with Gasteiger partial charge in [-0.05, 0) is 41.8 Å². The van der Waals surface area contributed by atoms with Crippen molar-refractivity contribution in [1.29, 1.82) is 0 Å². The normalized spacial score (nSPS) is 11.4. The van der Waals surface area contributed by atoms with E-state index in [0.717, 1.165) is 22.0 Å². The van der Waals surface area contributed by atoms with Gasteiger partial charge in [0.15, 0.2) is 5.88 Å². The number of nitrogens with one attached hydrogen (secondary N) is 3. The van der Waals surface area contributed by atoms with Gasteiger partial charge in [0.2, 0.25) is 0 Å². The Hall–Kier alpha value is -4.66. The van der Waals surface area contributed by atoms with Gasteiger partial charge in [-0.2, -0.15) is 10.2 Å². The summed E-state index contributed by atoms with van der Waals surface area (Å²) in [4.78, 5) is 19.7. The maximum Gasteiger partial charge on any atom is 0.258 e. The van der Waals surface area contributed by atoms with Crippen LogP contribution in [-0.2, 0) is 13.5 Å². The average molecular weight is 439 g/mol. The average Bonchev–Trinajstić information content (AvgIpc) is 3.53. The van der Waals surface area contributed by atoms with Gasteiger partial charge in [-0.1, -0.05) is 18.2 Å². The van der Waals surface area contributed by atoms with Crippen LogP contribution in [0.2, 0.25) is 0 Å². The van der Waals surface area contributed by atoms with E-state index in [0.29, 0.717) is 29.1 Å². The number of anilines is 1. The minimum Gasteiger partial charge on any atom is -0.494 e. The molecule has 0 saturated heterocycles. The largest absolute Gasteiger partial charge is 0.494 e. The molecule has 0 saturated carbocycles. The van der Waals surface area contributed by atoms with Gasteiger partial charge in [-0.15, -0.1) is 0 Å². The number of H-pyrrole nitrogens is 2. The maximum absolute atomic E-state index is 12.4. The zero-order valence-corrected chi connectivity index (χ0v) is 17.8. The molecule has 0 fully saturated rings. The lowest BCUT2D eigenvalue weighted by atomic mass is 10.0. The second kappa shape index (κ2) is 8.46. The smallest absolute Gasteiger partial charge is 0.258 e. The maximum atomic E-state index is 12.4. The topological polar surface area (TPSA) is 124 Å². The van der Waals surface area contributed by atoms with Gasteiger partial charge in [-0.25, -0.2) is 4.99 Å². The fraction of sp³-hybridized carbons (Fsp3) is 0.0833. The Morgan fingerprint density at radius 1 is 1.21 bits per heavy atom. The summed E-state index contributed by atoms with van der Waals surface area (Å²) in [5.74, 6) is 0.459. The van der Waals surface area contributed by atoms with E-state index in [4.69, 9.17) is 0 Å². The minimum absolute atomic E-state index is 0.0607. The highest BCUT2D eigenvalue weighted by Crippen LogP contribution is 2.28. The lowest BCUT2D eigenvalue weighted by molar-refractivity contribution is 0.102. The van der Waals surface area contributed by atoms with E-state index in [9.17, 15) is 9.90 Å². The molecule has 33 heavy (non-hydrogen) atoms. The van der Waals surface area contributed by atoms with Crippen LogP contribution in [0.15, 0.2) is 72.1 Å². The zero-order valence-electron chi connectivity index (χ0n) is 17.8. The summed E-state index contributed by atoms with van der Waals surface area (Å²) in [6, 6.07) is 15.5. The first-order valence-electron chi connectivity index (χ1n) is 10.3. The highest BCUT2D eigenvalue weighted by molar-refractivity contribution is 6.04. The Morgan fingerprint density at radius 2 is 2.09 bits per heavy atom. The van der Waals surface area contributed by atoms with Crippen molar-refractivity contribution in [3.63, 3.8) is 0 Å². The highest BCUT2D eigenvalue weighted by Gasteiger charge is 2.11. The van der Waals surface area contributed by atoms with Gasteiger partial charge < -0.3 is 15.4 Å². The van der Waals surface area contributed by atoms with Crippen molar-refractivity contribution < 1.29 is 9.90 Å². The first-order valence-corrected chi connectivity index (χ1v) is 10.3. The van der Waals surface area contributed by atoms with Crippen LogP contribution in [0, 0.1) is 0 Å². The van der Waals surface area contributed by atoms with Gasteiger partial charge in [0, 0.05) is 42.1 Å². The quantitative estimate of drug-likeness (QED) is 0.299. The number of aryl methyl sites for hydroxylation is 1. The number of nitrogens with zero attached hydrogens (tertiary/aromatic N) is 4. The third-order valence-corrected chi connectivity index (χ3v) is 5.26. The third-order valence-electron chi connectivity index (χ3n) is 5.26. The first kappa shape index (κ1) is 20.3. The SMILES string of the molecule is Cn1cc(C(=O)Nc2cccc(Cc3ccc4[nH]c(O)c(C=Nc5ccn[nH]5)c4c3)c2)cn1.